The molecule has 0 spiro atoms. The maximum absolute atomic E-state index is 12.9. The lowest BCUT2D eigenvalue weighted by molar-refractivity contribution is -0.143. The molecule has 0 rings (SSSR count). The Morgan fingerprint density at radius 1 is 0.629 bits per heavy atom. The number of unbranched alkanes of at least 4 members (excludes halogenated alkanes) is 3. The summed E-state index contributed by atoms with van der Waals surface area (Å²) >= 11 is 0. The van der Waals surface area contributed by atoms with Gasteiger partial charge in [0.1, 0.15) is 6.04 Å². The highest BCUT2D eigenvalue weighted by Gasteiger charge is 2.32. The second-order valence-electron chi connectivity index (χ2n) is 8.58. The molecule has 0 saturated carbocycles. The number of carboxylic acid groups (broad SMARTS) is 3. The minimum Gasteiger partial charge on any atom is -0.481 e. The van der Waals surface area contributed by atoms with Crippen LogP contribution in [0.15, 0.2) is 0 Å². The third-order valence-electron chi connectivity index (χ3n) is 5.39. The van der Waals surface area contributed by atoms with Crippen LogP contribution in [-0.2, 0) is 28.8 Å². The van der Waals surface area contributed by atoms with Crippen molar-refractivity contribution in [1.29, 1.82) is 0 Å². The number of carbonyl (C=O) groups excluding carboxylic acids is 3. The molecule has 0 aromatic carbocycles. The molecule has 0 aliphatic rings. The molecule has 4 unspecified atom stereocenters. The van der Waals surface area contributed by atoms with Gasteiger partial charge in [-0.1, -0.05) is 46.0 Å². The maximum Gasteiger partial charge on any atom is 0.305 e. The van der Waals surface area contributed by atoms with E-state index < -0.39 is 72.9 Å². The van der Waals surface area contributed by atoms with E-state index in [2.05, 4.69) is 22.9 Å². The summed E-state index contributed by atoms with van der Waals surface area (Å²) in [6.45, 7) is 5.13. The van der Waals surface area contributed by atoms with Crippen LogP contribution in [0, 0.1) is 0 Å². The van der Waals surface area contributed by atoms with Gasteiger partial charge in [0, 0.05) is 6.04 Å². The Morgan fingerprint density at radius 2 is 1.06 bits per heavy atom. The molecule has 0 aromatic rings. The third kappa shape index (κ3) is 14.8. The molecule has 0 saturated heterocycles. The summed E-state index contributed by atoms with van der Waals surface area (Å²) in [4.78, 5) is 70.9. The second kappa shape index (κ2) is 17.4. The molecule has 0 aliphatic carbocycles. The minimum atomic E-state index is -1.64. The summed E-state index contributed by atoms with van der Waals surface area (Å²) in [5, 5.41) is 34.9. The largest absolute Gasteiger partial charge is 0.481 e. The van der Waals surface area contributed by atoms with E-state index in [4.69, 9.17) is 5.11 Å². The van der Waals surface area contributed by atoms with Crippen molar-refractivity contribution >= 4 is 35.5 Å². The van der Waals surface area contributed by atoms with Gasteiger partial charge in [-0.15, -0.1) is 0 Å². The predicted molar refractivity (Wildman–Crippen MR) is 126 cm³/mol. The van der Waals surface area contributed by atoms with E-state index in [1.807, 2.05) is 6.92 Å². The van der Waals surface area contributed by atoms with Crippen LogP contribution in [0.1, 0.15) is 85.0 Å². The van der Waals surface area contributed by atoms with Gasteiger partial charge in [-0.05, 0) is 19.8 Å². The van der Waals surface area contributed by atoms with Gasteiger partial charge in [-0.25, -0.2) is 0 Å². The summed E-state index contributed by atoms with van der Waals surface area (Å²) in [6.07, 6.45) is 3.95. The average molecular weight is 502 g/mol. The van der Waals surface area contributed by atoms with Gasteiger partial charge in [0.25, 0.3) is 0 Å². The van der Waals surface area contributed by atoms with Gasteiger partial charge in [-0.2, -0.15) is 0 Å². The summed E-state index contributed by atoms with van der Waals surface area (Å²) in [5.41, 5.74) is 0. The maximum atomic E-state index is 12.9. The van der Waals surface area contributed by atoms with E-state index in [0.29, 0.717) is 0 Å². The Balaban J connectivity index is 5.60. The monoisotopic (exact) mass is 501 g/mol. The van der Waals surface area contributed by atoms with Gasteiger partial charge in [0.2, 0.25) is 11.8 Å². The van der Waals surface area contributed by atoms with E-state index in [1.165, 1.54) is 0 Å². The SMILES string of the molecule is CCCCCC(CCCC)NC(CC(=O)O)C(=O)NC(CC(=O)O)C(=O)NC(CC(=O)O)C(C)=O. The minimum absolute atomic E-state index is 0.138. The van der Waals surface area contributed by atoms with Crippen LogP contribution in [0.3, 0.4) is 0 Å². The molecular formula is C23H39N3O9. The van der Waals surface area contributed by atoms with Crippen LogP contribution in [0.2, 0.25) is 0 Å². The van der Waals surface area contributed by atoms with Crippen LogP contribution in [0.5, 0.6) is 0 Å². The summed E-state index contributed by atoms with van der Waals surface area (Å²) in [5.74, 6) is -6.61. The number of hydrogen-bond acceptors (Lipinski definition) is 7. The van der Waals surface area contributed by atoms with Crippen LogP contribution in [0.25, 0.3) is 0 Å². The zero-order valence-electron chi connectivity index (χ0n) is 20.7. The Morgan fingerprint density at radius 3 is 1.54 bits per heavy atom. The molecule has 6 N–H and O–H groups in total. The Labute approximate surface area is 205 Å². The smallest absolute Gasteiger partial charge is 0.305 e. The van der Waals surface area contributed by atoms with Crippen molar-refractivity contribution < 1.29 is 44.1 Å². The Kier molecular flexibility index (Phi) is 15.9. The van der Waals surface area contributed by atoms with Crippen molar-refractivity contribution in [2.24, 2.45) is 0 Å². The first kappa shape index (κ1) is 32.0. The fraction of sp³-hybridized carbons (Fsp3) is 0.739. The van der Waals surface area contributed by atoms with Gasteiger partial charge >= 0.3 is 17.9 Å². The van der Waals surface area contributed by atoms with Crippen molar-refractivity contribution in [2.45, 2.75) is 109 Å². The molecule has 0 heterocycles. The number of rotatable bonds is 20. The first-order valence-corrected chi connectivity index (χ1v) is 11.9. The predicted octanol–water partition coefficient (Wildman–Crippen LogP) is 1.07. The summed E-state index contributed by atoms with van der Waals surface area (Å²) in [6, 6.07) is -4.40. The molecule has 12 heteroatoms. The molecule has 12 nitrogen and oxygen atoms in total. The number of carboxylic acids is 3. The molecule has 4 atom stereocenters. The van der Waals surface area contributed by atoms with Crippen molar-refractivity contribution in [3.63, 3.8) is 0 Å². The Hall–Kier alpha value is -3.02. The lowest BCUT2D eigenvalue weighted by Gasteiger charge is -2.27. The molecule has 200 valence electrons. The van der Waals surface area contributed by atoms with Crippen LogP contribution in [-0.4, -0.2) is 75.0 Å². The lowest BCUT2D eigenvalue weighted by Crippen LogP contribution is -2.57. The molecule has 0 aromatic heterocycles. The van der Waals surface area contributed by atoms with E-state index in [1.54, 1.807) is 0 Å². The first-order chi connectivity index (χ1) is 16.4. The van der Waals surface area contributed by atoms with Gasteiger partial charge in [0.05, 0.1) is 31.3 Å². The zero-order valence-corrected chi connectivity index (χ0v) is 20.7. The highest BCUT2D eigenvalue weighted by Crippen LogP contribution is 2.12. The van der Waals surface area contributed by atoms with Gasteiger partial charge in [0.15, 0.2) is 5.78 Å². The van der Waals surface area contributed by atoms with E-state index >= 15 is 0 Å². The van der Waals surface area contributed by atoms with E-state index in [-0.39, 0.29) is 6.04 Å². The molecule has 0 bridgehead atoms. The first-order valence-electron chi connectivity index (χ1n) is 11.9. The average Bonchev–Trinajstić information content (AvgIpc) is 2.74. The number of carbonyl (C=O) groups is 6. The summed E-state index contributed by atoms with van der Waals surface area (Å²) in [7, 11) is 0. The molecule has 0 radical (unpaired) electrons. The standard InChI is InChI=1S/C23H39N3O9/c1-4-6-8-10-15(9-7-5-2)24-17(12-20(30)31)22(34)26-18(13-21(32)33)23(35)25-16(14(3)27)11-19(28)29/h15-18,24H,4-13H2,1-3H3,(H,25,35)(H,26,34)(H,28,29)(H,30,31)(H,32,33). The molecule has 2 amide bonds. The van der Waals surface area contributed by atoms with E-state index in [9.17, 15) is 39.0 Å². The number of aliphatic carboxylic acids is 3. The van der Waals surface area contributed by atoms with E-state index in [0.717, 1.165) is 51.9 Å². The fourth-order valence-corrected chi connectivity index (χ4v) is 3.49. The number of Topliss-reactive ketones (excluding diaryl/α,β-unsaturated/α-hetero) is 1. The molecule has 0 fully saturated rings. The molecule has 0 aliphatic heterocycles. The van der Waals surface area contributed by atoms with Crippen LogP contribution >= 0.6 is 0 Å². The van der Waals surface area contributed by atoms with Crippen molar-refractivity contribution in [1.82, 2.24) is 16.0 Å². The van der Waals surface area contributed by atoms with Gasteiger partial charge in [-0.3, -0.25) is 28.8 Å². The Bertz CT molecular complexity index is 742. The van der Waals surface area contributed by atoms with Crippen LogP contribution < -0.4 is 16.0 Å². The summed E-state index contributed by atoms with van der Waals surface area (Å²) < 4.78 is 0. The highest BCUT2D eigenvalue weighted by molar-refractivity contribution is 5.96. The second-order valence-corrected chi connectivity index (χ2v) is 8.58. The lowest BCUT2D eigenvalue weighted by atomic mass is 10.0. The number of nitrogens with one attached hydrogen (secondary N) is 3. The molecular weight excluding hydrogens is 462 g/mol. The number of ketones is 1. The fourth-order valence-electron chi connectivity index (χ4n) is 3.49. The van der Waals surface area contributed by atoms with Crippen molar-refractivity contribution in [2.75, 3.05) is 0 Å². The van der Waals surface area contributed by atoms with Gasteiger partial charge < -0.3 is 31.3 Å². The quantitative estimate of drug-likeness (QED) is 0.131. The van der Waals surface area contributed by atoms with Crippen molar-refractivity contribution in [3.05, 3.63) is 0 Å². The number of hydrogen-bond donors (Lipinski definition) is 6. The van der Waals surface area contributed by atoms with Crippen LogP contribution in [0.4, 0.5) is 0 Å². The third-order valence-corrected chi connectivity index (χ3v) is 5.39. The normalized spacial score (nSPS) is 14.3. The number of amides is 2. The topological polar surface area (TPSA) is 199 Å². The highest BCUT2D eigenvalue weighted by atomic mass is 16.4. The van der Waals surface area contributed by atoms with Crippen molar-refractivity contribution in [3.8, 4) is 0 Å². The zero-order chi connectivity index (χ0) is 27.0. The molecule has 35 heavy (non-hydrogen) atoms.